The number of allylic oxidation sites excluding steroid dienone is 1. The molecule has 3 nitrogen and oxygen atoms in total. The van der Waals surface area contributed by atoms with Crippen LogP contribution in [-0.2, 0) is 4.79 Å². The van der Waals surface area contributed by atoms with Gasteiger partial charge in [0.2, 0.25) is 5.91 Å². The van der Waals surface area contributed by atoms with Gasteiger partial charge in [-0.25, -0.2) is 0 Å². The van der Waals surface area contributed by atoms with E-state index in [9.17, 15) is 4.79 Å². The highest BCUT2D eigenvalue weighted by Crippen LogP contribution is 2.07. The Morgan fingerprint density at radius 3 is 2.40 bits per heavy atom. The van der Waals surface area contributed by atoms with Crippen molar-refractivity contribution in [2.45, 2.75) is 46.2 Å². The Balaban J connectivity index is 3.74. The molecular weight excluding hydrogens is 188 g/mol. The van der Waals surface area contributed by atoms with Crippen molar-refractivity contribution in [2.75, 3.05) is 6.54 Å². The summed E-state index contributed by atoms with van der Waals surface area (Å²) in [6.45, 7) is 12.3. The molecule has 0 radical (unpaired) electrons. The van der Waals surface area contributed by atoms with Gasteiger partial charge < -0.3 is 10.6 Å². The molecule has 0 rings (SSSR count). The second-order valence-electron chi connectivity index (χ2n) is 4.39. The fourth-order valence-corrected chi connectivity index (χ4v) is 1.29. The summed E-state index contributed by atoms with van der Waals surface area (Å²) in [6, 6.07) is 0.543. The van der Waals surface area contributed by atoms with Crippen molar-refractivity contribution >= 4 is 5.91 Å². The Hall–Kier alpha value is -0.830. The summed E-state index contributed by atoms with van der Waals surface area (Å²) < 4.78 is 0. The monoisotopic (exact) mass is 212 g/mol. The second kappa shape index (κ2) is 7.46. The molecule has 0 aromatic carbocycles. The van der Waals surface area contributed by atoms with Gasteiger partial charge in [-0.15, -0.1) is 6.58 Å². The molecule has 0 saturated heterocycles. The molecule has 0 aliphatic carbocycles. The summed E-state index contributed by atoms with van der Waals surface area (Å²) in [5, 5.41) is 6.06. The smallest absolute Gasteiger partial charge is 0.234 e. The molecule has 88 valence electrons. The first kappa shape index (κ1) is 14.2. The average molecular weight is 212 g/mol. The van der Waals surface area contributed by atoms with Gasteiger partial charge in [0.25, 0.3) is 0 Å². The first-order chi connectivity index (χ1) is 6.97. The lowest BCUT2D eigenvalue weighted by Crippen LogP contribution is -2.42. The van der Waals surface area contributed by atoms with Crippen molar-refractivity contribution in [1.82, 2.24) is 10.6 Å². The molecule has 0 saturated carbocycles. The molecule has 0 aliphatic heterocycles. The Morgan fingerprint density at radius 2 is 1.93 bits per heavy atom. The standard InChI is InChI=1S/C12H24N2O/c1-6-7-10(4)11(5)13-8-12(15)14-9(2)3/h6,9-11,13H,1,7-8H2,2-5H3,(H,14,15). The summed E-state index contributed by atoms with van der Waals surface area (Å²) in [4.78, 5) is 11.3. The Bertz CT molecular complexity index is 202. The fraction of sp³-hybridized carbons (Fsp3) is 0.750. The lowest BCUT2D eigenvalue weighted by molar-refractivity contribution is -0.120. The van der Waals surface area contributed by atoms with E-state index in [0.29, 0.717) is 18.5 Å². The predicted octanol–water partition coefficient (Wildman–Crippen LogP) is 1.70. The highest BCUT2D eigenvalue weighted by molar-refractivity contribution is 5.78. The molecular formula is C12H24N2O. The van der Waals surface area contributed by atoms with E-state index in [0.717, 1.165) is 6.42 Å². The summed E-state index contributed by atoms with van der Waals surface area (Å²) in [5.74, 6) is 0.567. The summed E-state index contributed by atoms with van der Waals surface area (Å²) in [7, 11) is 0. The lowest BCUT2D eigenvalue weighted by atomic mass is 10.00. The molecule has 0 fully saturated rings. The lowest BCUT2D eigenvalue weighted by Gasteiger charge is -2.20. The zero-order valence-corrected chi connectivity index (χ0v) is 10.3. The van der Waals surface area contributed by atoms with Crippen LogP contribution in [0.2, 0.25) is 0 Å². The molecule has 0 aromatic heterocycles. The third-order valence-electron chi connectivity index (χ3n) is 2.43. The molecule has 0 aromatic rings. The SMILES string of the molecule is C=CCC(C)C(C)NCC(=O)NC(C)C. The minimum absolute atomic E-state index is 0.0580. The molecule has 3 heteroatoms. The molecule has 2 atom stereocenters. The van der Waals surface area contributed by atoms with E-state index < -0.39 is 0 Å². The quantitative estimate of drug-likeness (QED) is 0.631. The van der Waals surface area contributed by atoms with Crippen molar-refractivity contribution in [3.05, 3.63) is 12.7 Å². The third-order valence-corrected chi connectivity index (χ3v) is 2.43. The van der Waals surface area contributed by atoms with Gasteiger partial charge in [0.15, 0.2) is 0 Å². The maximum Gasteiger partial charge on any atom is 0.234 e. The van der Waals surface area contributed by atoms with Gasteiger partial charge >= 0.3 is 0 Å². The van der Waals surface area contributed by atoms with Gasteiger partial charge in [-0.05, 0) is 33.1 Å². The van der Waals surface area contributed by atoms with Crippen LogP contribution in [0.15, 0.2) is 12.7 Å². The van der Waals surface area contributed by atoms with Crippen molar-refractivity contribution < 1.29 is 4.79 Å². The van der Waals surface area contributed by atoms with E-state index in [1.807, 2.05) is 19.9 Å². The van der Waals surface area contributed by atoms with Gasteiger partial charge in [0.05, 0.1) is 6.54 Å². The van der Waals surface area contributed by atoms with Gasteiger partial charge in [0, 0.05) is 12.1 Å². The van der Waals surface area contributed by atoms with E-state index in [1.165, 1.54) is 0 Å². The van der Waals surface area contributed by atoms with E-state index in [2.05, 4.69) is 31.1 Å². The van der Waals surface area contributed by atoms with Crippen LogP contribution >= 0.6 is 0 Å². The van der Waals surface area contributed by atoms with Gasteiger partial charge in [-0.3, -0.25) is 4.79 Å². The summed E-state index contributed by atoms with van der Waals surface area (Å²) >= 11 is 0. The largest absolute Gasteiger partial charge is 0.353 e. The maximum absolute atomic E-state index is 11.3. The molecule has 2 unspecified atom stereocenters. The number of rotatable bonds is 7. The Kier molecular flexibility index (Phi) is 7.05. The molecule has 0 bridgehead atoms. The van der Waals surface area contributed by atoms with Crippen LogP contribution in [0.5, 0.6) is 0 Å². The second-order valence-corrected chi connectivity index (χ2v) is 4.39. The molecule has 0 aliphatic rings. The van der Waals surface area contributed by atoms with Crippen LogP contribution < -0.4 is 10.6 Å². The van der Waals surface area contributed by atoms with Gasteiger partial charge in [-0.1, -0.05) is 13.0 Å². The Morgan fingerprint density at radius 1 is 1.33 bits per heavy atom. The predicted molar refractivity (Wildman–Crippen MR) is 64.7 cm³/mol. The van der Waals surface area contributed by atoms with Crippen LogP contribution in [0.25, 0.3) is 0 Å². The number of carbonyl (C=O) groups excluding carboxylic acids is 1. The van der Waals surface area contributed by atoms with Crippen LogP contribution in [0.1, 0.15) is 34.1 Å². The fourth-order valence-electron chi connectivity index (χ4n) is 1.29. The minimum atomic E-state index is 0.0580. The van der Waals surface area contributed by atoms with Gasteiger partial charge in [0.1, 0.15) is 0 Å². The van der Waals surface area contributed by atoms with Crippen molar-refractivity contribution in [2.24, 2.45) is 5.92 Å². The van der Waals surface area contributed by atoms with Crippen LogP contribution in [0.3, 0.4) is 0 Å². The number of nitrogens with one attached hydrogen (secondary N) is 2. The van der Waals surface area contributed by atoms with Crippen molar-refractivity contribution in [1.29, 1.82) is 0 Å². The number of amides is 1. The summed E-state index contributed by atoms with van der Waals surface area (Å²) in [6.07, 6.45) is 2.89. The minimum Gasteiger partial charge on any atom is -0.353 e. The summed E-state index contributed by atoms with van der Waals surface area (Å²) in [5.41, 5.74) is 0. The Labute approximate surface area is 93.3 Å². The van der Waals surface area contributed by atoms with Gasteiger partial charge in [-0.2, -0.15) is 0 Å². The van der Waals surface area contributed by atoms with Crippen LogP contribution in [0.4, 0.5) is 0 Å². The molecule has 15 heavy (non-hydrogen) atoms. The van der Waals surface area contributed by atoms with E-state index in [1.54, 1.807) is 0 Å². The van der Waals surface area contributed by atoms with Crippen molar-refractivity contribution in [3.8, 4) is 0 Å². The number of hydrogen-bond acceptors (Lipinski definition) is 2. The first-order valence-electron chi connectivity index (χ1n) is 5.61. The maximum atomic E-state index is 11.3. The topological polar surface area (TPSA) is 41.1 Å². The van der Waals surface area contributed by atoms with E-state index in [-0.39, 0.29) is 11.9 Å². The number of hydrogen-bond donors (Lipinski definition) is 2. The molecule has 0 spiro atoms. The normalized spacial score (nSPS) is 14.7. The molecule has 2 N–H and O–H groups in total. The van der Waals surface area contributed by atoms with E-state index in [4.69, 9.17) is 0 Å². The highest BCUT2D eigenvalue weighted by atomic mass is 16.1. The zero-order valence-electron chi connectivity index (χ0n) is 10.3. The zero-order chi connectivity index (χ0) is 11.8. The van der Waals surface area contributed by atoms with Crippen LogP contribution in [-0.4, -0.2) is 24.5 Å². The van der Waals surface area contributed by atoms with E-state index >= 15 is 0 Å². The first-order valence-corrected chi connectivity index (χ1v) is 5.61. The van der Waals surface area contributed by atoms with Crippen molar-refractivity contribution in [3.63, 3.8) is 0 Å². The highest BCUT2D eigenvalue weighted by Gasteiger charge is 2.11. The number of carbonyl (C=O) groups is 1. The van der Waals surface area contributed by atoms with Crippen LogP contribution in [0, 0.1) is 5.92 Å². The molecule has 0 heterocycles. The average Bonchev–Trinajstić information content (AvgIpc) is 2.13. The third kappa shape index (κ3) is 7.14. The molecule has 1 amide bonds.